The molecular weight excluding hydrogens is 306 g/mol. The van der Waals surface area contributed by atoms with Gasteiger partial charge < -0.3 is 4.90 Å². The smallest absolute Gasteiger partial charge is 0.222 e. The highest BCUT2D eigenvalue weighted by Crippen LogP contribution is 2.14. The van der Waals surface area contributed by atoms with Crippen LogP contribution in [0.15, 0.2) is 0 Å². The molecule has 0 rings (SSSR count). The number of hydrogen-bond acceptors (Lipinski definition) is 1. The van der Waals surface area contributed by atoms with E-state index in [-0.39, 0.29) is 0 Å². The van der Waals surface area contributed by atoms with E-state index in [1.807, 2.05) is 4.90 Å². The molecule has 0 unspecified atom stereocenters. The molecule has 0 aliphatic heterocycles. The van der Waals surface area contributed by atoms with Crippen molar-refractivity contribution in [3.05, 3.63) is 0 Å². The van der Waals surface area contributed by atoms with Gasteiger partial charge in [0.25, 0.3) is 0 Å². The van der Waals surface area contributed by atoms with Gasteiger partial charge in [-0.1, -0.05) is 104 Å². The Kier molecular flexibility index (Phi) is 19.4. The summed E-state index contributed by atoms with van der Waals surface area (Å²) in [6.07, 6.45) is 22.5. The van der Waals surface area contributed by atoms with E-state index in [4.69, 9.17) is 0 Å². The Morgan fingerprint density at radius 2 is 0.960 bits per heavy atom. The zero-order chi connectivity index (χ0) is 18.6. The third-order valence-corrected chi connectivity index (χ3v) is 5.22. The second-order valence-corrected chi connectivity index (χ2v) is 7.67. The van der Waals surface area contributed by atoms with Gasteiger partial charge in [-0.15, -0.1) is 0 Å². The van der Waals surface area contributed by atoms with E-state index in [2.05, 4.69) is 20.8 Å². The Morgan fingerprint density at radius 3 is 1.32 bits per heavy atom. The van der Waals surface area contributed by atoms with E-state index in [1.165, 1.54) is 89.9 Å². The number of unbranched alkanes of at least 4 members (excludes halogenated alkanes) is 14. The second-order valence-electron chi connectivity index (χ2n) is 7.67. The first kappa shape index (κ1) is 24.5. The number of carbonyl (C=O) groups excluding carboxylic acids is 1. The van der Waals surface area contributed by atoms with Gasteiger partial charge >= 0.3 is 0 Å². The van der Waals surface area contributed by atoms with Crippen LogP contribution in [0.25, 0.3) is 0 Å². The zero-order valence-corrected chi connectivity index (χ0v) is 17.8. The first-order valence-corrected chi connectivity index (χ1v) is 11.5. The molecule has 0 heterocycles. The molecule has 0 aromatic heterocycles. The summed E-state index contributed by atoms with van der Waals surface area (Å²) in [6.45, 7) is 8.30. The predicted octanol–water partition coefficient (Wildman–Crippen LogP) is 7.51. The maximum absolute atomic E-state index is 12.0. The lowest BCUT2D eigenvalue weighted by atomic mass is 10.0. The minimum atomic E-state index is 0.360. The molecule has 0 aliphatic carbocycles. The molecule has 0 fully saturated rings. The van der Waals surface area contributed by atoms with Gasteiger partial charge in [-0.25, -0.2) is 0 Å². The molecule has 2 nitrogen and oxygen atoms in total. The van der Waals surface area contributed by atoms with Crippen molar-refractivity contribution in [2.45, 2.75) is 130 Å². The zero-order valence-electron chi connectivity index (χ0n) is 17.8. The van der Waals surface area contributed by atoms with Crippen molar-refractivity contribution in [1.29, 1.82) is 0 Å². The van der Waals surface area contributed by atoms with Crippen LogP contribution in [-0.4, -0.2) is 23.9 Å². The summed E-state index contributed by atoms with van der Waals surface area (Å²) in [5.74, 6) is 0.360. The van der Waals surface area contributed by atoms with Crippen LogP contribution in [0.3, 0.4) is 0 Å². The molecule has 0 aromatic carbocycles. The highest BCUT2D eigenvalue weighted by molar-refractivity contribution is 5.76. The molecule has 0 bridgehead atoms. The van der Waals surface area contributed by atoms with E-state index >= 15 is 0 Å². The molecule has 0 aliphatic rings. The predicted molar refractivity (Wildman–Crippen MR) is 112 cm³/mol. The minimum Gasteiger partial charge on any atom is -0.343 e. The first-order valence-electron chi connectivity index (χ1n) is 11.5. The molecule has 2 heteroatoms. The van der Waals surface area contributed by atoms with Crippen LogP contribution in [0.1, 0.15) is 130 Å². The Labute approximate surface area is 159 Å². The van der Waals surface area contributed by atoms with Crippen molar-refractivity contribution in [3.63, 3.8) is 0 Å². The van der Waals surface area contributed by atoms with Crippen LogP contribution in [0.4, 0.5) is 0 Å². The Morgan fingerprint density at radius 1 is 0.560 bits per heavy atom. The summed E-state index contributed by atoms with van der Waals surface area (Å²) in [6, 6.07) is 0. The molecule has 0 aromatic rings. The van der Waals surface area contributed by atoms with Crippen molar-refractivity contribution in [3.8, 4) is 0 Å². The summed E-state index contributed by atoms with van der Waals surface area (Å²) >= 11 is 0. The van der Waals surface area contributed by atoms with Crippen LogP contribution in [-0.2, 0) is 4.79 Å². The lowest BCUT2D eigenvalue weighted by Gasteiger charge is -2.19. The molecule has 0 saturated heterocycles. The fraction of sp³-hybridized carbons (Fsp3) is 0.957. The van der Waals surface area contributed by atoms with Crippen LogP contribution >= 0.6 is 0 Å². The third-order valence-electron chi connectivity index (χ3n) is 5.22. The lowest BCUT2D eigenvalue weighted by molar-refractivity contribution is -0.131. The van der Waals surface area contributed by atoms with Gasteiger partial charge in [-0.05, 0) is 19.8 Å². The van der Waals surface area contributed by atoms with Gasteiger partial charge in [0, 0.05) is 19.5 Å². The van der Waals surface area contributed by atoms with Crippen LogP contribution < -0.4 is 0 Å². The topological polar surface area (TPSA) is 20.3 Å². The molecule has 25 heavy (non-hydrogen) atoms. The molecule has 0 radical (unpaired) electrons. The number of hydrogen-bond donors (Lipinski definition) is 0. The van der Waals surface area contributed by atoms with Gasteiger partial charge in [0.2, 0.25) is 5.91 Å². The molecule has 150 valence electrons. The minimum absolute atomic E-state index is 0.360. The van der Waals surface area contributed by atoms with Crippen molar-refractivity contribution in [2.24, 2.45) is 0 Å². The summed E-state index contributed by atoms with van der Waals surface area (Å²) in [7, 11) is 0. The molecular formula is C23H47NO. The van der Waals surface area contributed by atoms with E-state index in [0.29, 0.717) is 5.91 Å². The molecule has 0 N–H and O–H groups in total. The Hall–Kier alpha value is -0.530. The van der Waals surface area contributed by atoms with Crippen molar-refractivity contribution in [2.75, 3.05) is 13.1 Å². The van der Waals surface area contributed by atoms with Gasteiger partial charge in [-0.2, -0.15) is 0 Å². The van der Waals surface area contributed by atoms with E-state index < -0.39 is 0 Å². The highest BCUT2D eigenvalue weighted by atomic mass is 16.2. The molecule has 1 amide bonds. The molecule has 0 spiro atoms. The molecule has 0 saturated carbocycles. The van der Waals surface area contributed by atoms with Gasteiger partial charge in [0.05, 0.1) is 0 Å². The SMILES string of the molecule is CCCCCCCCCCCCCCCCCC(=O)N(CC)CCC. The quantitative estimate of drug-likeness (QED) is 0.220. The standard InChI is InChI=1S/C23H47NO/c1-4-7-8-9-10-11-12-13-14-15-16-17-18-19-20-21-23(25)24(6-3)22-5-2/h4-22H2,1-3H3. The van der Waals surface area contributed by atoms with Crippen LogP contribution in [0.2, 0.25) is 0 Å². The average molecular weight is 354 g/mol. The Bertz CT molecular complexity index is 277. The average Bonchev–Trinajstić information content (AvgIpc) is 2.62. The summed E-state index contributed by atoms with van der Waals surface area (Å²) in [4.78, 5) is 14.0. The van der Waals surface area contributed by atoms with Gasteiger partial charge in [0.15, 0.2) is 0 Å². The van der Waals surface area contributed by atoms with E-state index in [9.17, 15) is 4.79 Å². The number of carbonyl (C=O) groups is 1. The monoisotopic (exact) mass is 353 g/mol. The Balaban J connectivity index is 3.22. The van der Waals surface area contributed by atoms with Crippen molar-refractivity contribution < 1.29 is 4.79 Å². The van der Waals surface area contributed by atoms with Crippen LogP contribution in [0, 0.1) is 0 Å². The number of rotatable bonds is 19. The molecule has 0 atom stereocenters. The van der Waals surface area contributed by atoms with Gasteiger partial charge in [-0.3, -0.25) is 4.79 Å². The normalized spacial score (nSPS) is 11.0. The maximum atomic E-state index is 12.0. The summed E-state index contributed by atoms with van der Waals surface area (Å²) in [5, 5.41) is 0. The maximum Gasteiger partial charge on any atom is 0.222 e. The first-order chi connectivity index (χ1) is 12.3. The van der Waals surface area contributed by atoms with E-state index in [0.717, 1.165) is 32.4 Å². The van der Waals surface area contributed by atoms with Gasteiger partial charge in [0.1, 0.15) is 0 Å². The highest BCUT2D eigenvalue weighted by Gasteiger charge is 2.09. The number of amides is 1. The third kappa shape index (κ3) is 16.7. The number of nitrogens with zero attached hydrogens (tertiary/aromatic N) is 1. The second kappa shape index (κ2) is 19.8. The lowest BCUT2D eigenvalue weighted by Crippen LogP contribution is -2.31. The van der Waals surface area contributed by atoms with Crippen molar-refractivity contribution in [1.82, 2.24) is 4.90 Å². The largest absolute Gasteiger partial charge is 0.343 e. The fourth-order valence-corrected chi connectivity index (χ4v) is 3.53. The van der Waals surface area contributed by atoms with E-state index in [1.54, 1.807) is 0 Å². The van der Waals surface area contributed by atoms with Crippen LogP contribution in [0.5, 0.6) is 0 Å². The van der Waals surface area contributed by atoms with Crippen molar-refractivity contribution >= 4 is 5.91 Å². The summed E-state index contributed by atoms with van der Waals surface area (Å²) in [5.41, 5.74) is 0. The fourth-order valence-electron chi connectivity index (χ4n) is 3.53. The summed E-state index contributed by atoms with van der Waals surface area (Å²) < 4.78 is 0.